The number of fused-ring (bicyclic) bond motifs is 2. The van der Waals surface area contributed by atoms with E-state index in [9.17, 15) is 4.79 Å². The van der Waals surface area contributed by atoms with Crippen LogP contribution in [0.5, 0.6) is 0 Å². The van der Waals surface area contributed by atoms with Gasteiger partial charge in [0.15, 0.2) is 0 Å². The summed E-state index contributed by atoms with van der Waals surface area (Å²) in [4.78, 5) is 11.8. The summed E-state index contributed by atoms with van der Waals surface area (Å²) >= 11 is 0. The fraction of sp³-hybridized carbons (Fsp3) is 0.933. The van der Waals surface area contributed by atoms with Crippen LogP contribution in [0.2, 0.25) is 0 Å². The number of esters is 1. The van der Waals surface area contributed by atoms with Gasteiger partial charge in [0.2, 0.25) is 0 Å². The summed E-state index contributed by atoms with van der Waals surface area (Å²) in [5.74, 6) is 0.694. The minimum absolute atomic E-state index is 0.0366. The zero-order valence-corrected chi connectivity index (χ0v) is 12.2. The maximum atomic E-state index is 11.8. The van der Waals surface area contributed by atoms with Crippen molar-refractivity contribution < 1.29 is 9.53 Å². The number of hydrogen-bond acceptors (Lipinski definition) is 3. The molecule has 2 fully saturated rings. The molecule has 2 rings (SSSR count). The molecule has 0 saturated heterocycles. The van der Waals surface area contributed by atoms with Gasteiger partial charge in [-0.25, -0.2) is 0 Å². The first kappa shape index (κ1) is 13.9. The number of rotatable bonds is 5. The Morgan fingerprint density at radius 3 is 2.61 bits per heavy atom. The molecular formula is C15H27NO2. The standard InChI is InChI=1S/C15H27NO2/c1-5-16-9-7-13(17)18-12-10-11-6-8-15(12,4)14(11,2)3/h11-12,16H,5-10H2,1-4H3. The second-order valence-electron chi connectivity index (χ2n) is 6.69. The van der Waals surface area contributed by atoms with Crippen LogP contribution in [0.1, 0.15) is 53.4 Å². The zero-order valence-electron chi connectivity index (χ0n) is 12.2. The lowest BCUT2D eigenvalue weighted by Crippen LogP contribution is -2.38. The summed E-state index contributed by atoms with van der Waals surface area (Å²) in [6, 6.07) is 0. The van der Waals surface area contributed by atoms with Crippen LogP contribution in [0.15, 0.2) is 0 Å². The number of hydrogen-bond donors (Lipinski definition) is 1. The van der Waals surface area contributed by atoms with Crippen molar-refractivity contribution >= 4 is 5.97 Å². The van der Waals surface area contributed by atoms with Crippen molar-refractivity contribution in [1.82, 2.24) is 5.32 Å². The second-order valence-corrected chi connectivity index (χ2v) is 6.69. The van der Waals surface area contributed by atoms with Gasteiger partial charge in [-0.3, -0.25) is 4.79 Å². The third kappa shape index (κ3) is 2.07. The lowest BCUT2D eigenvalue weighted by molar-refractivity contribution is -0.156. The van der Waals surface area contributed by atoms with Gasteiger partial charge in [-0.2, -0.15) is 0 Å². The third-order valence-corrected chi connectivity index (χ3v) is 5.74. The van der Waals surface area contributed by atoms with Crippen molar-refractivity contribution in [3.8, 4) is 0 Å². The molecule has 0 aromatic heterocycles. The highest BCUT2D eigenvalue weighted by atomic mass is 16.5. The molecule has 0 heterocycles. The molecule has 0 spiro atoms. The molecule has 3 unspecified atom stereocenters. The lowest BCUT2D eigenvalue weighted by Gasteiger charge is -2.38. The molecule has 104 valence electrons. The molecule has 3 heteroatoms. The maximum Gasteiger partial charge on any atom is 0.307 e. The van der Waals surface area contributed by atoms with E-state index in [0.717, 1.165) is 25.4 Å². The average molecular weight is 253 g/mol. The Labute approximate surface area is 111 Å². The number of carbonyl (C=O) groups excluding carboxylic acids is 1. The van der Waals surface area contributed by atoms with E-state index in [1.165, 1.54) is 12.8 Å². The van der Waals surface area contributed by atoms with E-state index in [0.29, 0.717) is 11.8 Å². The molecule has 2 bridgehead atoms. The minimum Gasteiger partial charge on any atom is -0.462 e. The summed E-state index contributed by atoms with van der Waals surface area (Å²) in [6.45, 7) is 10.7. The number of ether oxygens (including phenoxy) is 1. The van der Waals surface area contributed by atoms with Gasteiger partial charge in [0, 0.05) is 12.0 Å². The first-order valence-corrected chi connectivity index (χ1v) is 7.32. The normalized spacial score (nSPS) is 36.9. The zero-order chi connectivity index (χ0) is 13.4. The summed E-state index contributed by atoms with van der Waals surface area (Å²) in [6.07, 6.45) is 4.20. The molecule has 0 amide bonds. The lowest BCUT2D eigenvalue weighted by atomic mass is 9.70. The van der Waals surface area contributed by atoms with Crippen LogP contribution in [0, 0.1) is 16.7 Å². The number of carbonyl (C=O) groups is 1. The monoisotopic (exact) mass is 253 g/mol. The summed E-state index contributed by atoms with van der Waals surface area (Å²) < 4.78 is 5.75. The van der Waals surface area contributed by atoms with Gasteiger partial charge in [-0.1, -0.05) is 27.7 Å². The largest absolute Gasteiger partial charge is 0.462 e. The average Bonchev–Trinajstić information content (AvgIpc) is 2.62. The van der Waals surface area contributed by atoms with Crippen molar-refractivity contribution in [2.45, 2.75) is 59.5 Å². The van der Waals surface area contributed by atoms with E-state index in [-0.39, 0.29) is 17.5 Å². The summed E-state index contributed by atoms with van der Waals surface area (Å²) in [5, 5.41) is 3.16. The molecule has 0 aliphatic heterocycles. The van der Waals surface area contributed by atoms with Crippen LogP contribution in [-0.2, 0) is 9.53 Å². The van der Waals surface area contributed by atoms with Crippen LogP contribution >= 0.6 is 0 Å². The predicted molar refractivity (Wildman–Crippen MR) is 72.3 cm³/mol. The molecule has 18 heavy (non-hydrogen) atoms. The van der Waals surface area contributed by atoms with Gasteiger partial charge in [0.25, 0.3) is 0 Å². The Morgan fingerprint density at radius 2 is 2.11 bits per heavy atom. The molecule has 2 aliphatic carbocycles. The summed E-state index contributed by atoms with van der Waals surface area (Å²) in [7, 11) is 0. The van der Waals surface area contributed by atoms with Crippen LogP contribution in [0.25, 0.3) is 0 Å². The van der Waals surface area contributed by atoms with E-state index in [2.05, 4.69) is 26.1 Å². The Hall–Kier alpha value is -0.570. The van der Waals surface area contributed by atoms with E-state index in [4.69, 9.17) is 4.74 Å². The molecule has 3 nitrogen and oxygen atoms in total. The van der Waals surface area contributed by atoms with E-state index < -0.39 is 0 Å². The van der Waals surface area contributed by atoms with Gasteiger partial charge in [0.1, 0.15) is 6.10 Å². The van der Waals surface area contributed by atoms with Gasteiger partial charge in [0.05, 0.1) is 6.42 Å². The minimum atomic E-state index is -0.0366. The van der Waals surface area contributed by atoms with E-state index in [1.54, 1.807) is 0 Å². The van der Waals surface area contributed by atoms with Crippen molar-refractivity contribution in [1.29, 1.82) is 0 Å². The molecule has 0 aromatic carbocycles. The Kier molecular flexibility index (Phi) is 3.72. The molecule has 1 N–H and O–H groups in total. The molecule has 2 aliphatic rings. The Morgan fingerprint density at radius 1 is 1.39 bits per heavy atom. The van der Waals surface area contributed by atoms with Gasteiger partial charge < -0.3 is 10.1 Å². The van der Waals surface area contributed by atoms with Gasteiger partial charge in [-0.15, -0.1) is 0 Å². The fourth-order valence-electron chi connectivity index (χ4n) is 3.89. The smallest absolute Gasteiger partial charge is 0.307 e. The Balaban J connectivity index is 1.90. The van der Waals surface area contributed by atoms with Crippen LogP contribution in [0.3, 0.4) is 0 Å². The van der Waals surface area contributed by atoms with Gasteiger partial charge in [-0.05, 0) is 37.1 Å². The molecule has 0 radical (unpaired) electrons. The molecular weight excluding hydrogens is 226 g/mol. The van der Waals surface area contributed by atoms with E-state index >= 15 is 0 Å². The third-order valence-electron chi connectivity index (χ3n) is 5.74. The highest BCUT2D eigenvalue weighted by Crippen LogP contribution is 2.66. The molecule has 3 atom stereocenters. The fourth-order valence-corrected chi connectivity index (χ4v) is 3.89. The van der Waals surface area contributed by atoms with Crippen LogP contribution in [0.4, 0.5) is 0 Å². The van der Waals surface area contributed by atoms with Crippen LogP contribution < -0.4 is 5.32 Å². The van der Waals surface area contributed by atoms with Crippen molar-refractivity contribution in [3.05, 3.63) is 0 Å². The molecule has 2 saturated carbocycles. The first-order chi connectivity index (χ1) is 8.41. The van der Waals surface area contributed by atoms with Crippen molar-refractivity contribution in [2.24, 2.45) is 16.7 Å². The van der Waals surface area contributed by atoms with Crippen molar-refractivity contribution in [3.63, 3.8) is 0 Å². The summed E-state index contributed by atoms with van der Waals surface area (Å²) in [5.41, 5.74) is 0.505. The quantitative estimate of drug-likeness (QED) is 0.605. The van der Waals surface area contributed by atoms with E-state index in [1.807, 2.05) is 6.92 Å². The molecule has 0 aromatic rings. The highest BCUT2D eigenvalue weighted by Gasteiger charge is 2.62. The van der Waals surface area contributed by atoms with Crippen LogP contribution in [-0.4, -0.2) is 25.2 Å². The topological polar surface area (TPSA) is 38.3 Å². The van der Waals surface area contributed by atoms with Gasteiger partial charge >= 0.3 is 5.97 Å². The number of nitrogens with one attached hydrogen (secondary N) is 1. The van der Waals surface area contributed by atoms with Crippen molar-refractivity contribution in [2.75, 3.05) is 13.1 Å². The Bertz CT molecular complexity index is 326. The second kappa shape index (κ2) is 4.84. The maximum absolute atomic E-state index is 11.8. The predicted octanol–water partition coefficient (Wildman–Crippen LogP) is 2.74. The first-order valence-electron chi connectivity index (χ1n) is 7.32. The highest BCUT2D eigenvalue weighted by molar-refractivity contribution is 5.70. The SMILES string of the molecule is CCNCCC(=O)OC1CC2CCC1(C)C2(C)C.